The topological polar surface area (TPSA) is 78.6 Å². The van der Waals surface area contributed by atoms with Crippen LogP contribution in [0.2, 0.25) is 0 Å². The molecule has 3 aromatic rings. The van der Waals surface area contributed by atoms with Crippen LogP contribution in [0, 0.1) is 0 Å². The fourth-order valence-corrected chi connectivity index (χ4v) is 2.36. The van der Waals surface area contributed by atoms with Gasteiger partial charge in [-0.3, -0.25) is 0 Å². The number of aromatic nitrogens is 1. The molecule has 0 bridgehead atoms. The zero-order valence-corrected chi connectivity index (χ0v) is 15.1. The van der Waals surface area contributed by atoms with E-state index < -0.39 is 11.8 Å². The molecule has 0 aliphatic rings. The minimum Gasteiger partial charge on any atom is -0.403 e. The van der Waals surface area contributed by atoms with Gasteiger partial charge in [0.2, 0.25) is 5.89 Å². The van der Waals surface area contributed by atoms with Crippen molar-refractivity contribution in [2.45, 2.75) is 6.92 Å². The maximum atomic E-state index is 12.1. The lowest BCUT2D eigenvalue weighted by molar-refractivity contribution is 0.129. The first-order chi connectivity index (χ1) is 13.6. The van der Waals surface area contributed by atoms with Crippen LogP contribution in [-0.4, -0.2) is 11.1 Å². The van der Waals surface area contributed by atoms with E-state index in [4.69, 9.17) is 13.9 Å². The van der Waals surface area contributed by atoms with E-state index in [-0.39, 0.29) is 17.4 Å². The van der Waals surface area contributed by atoms with Crippen LogP contribution >= 0.6 is 0 Å². The zero-order valence-electron chi connectivity index (χ0n) is 15.1. The number of allylic oxidation sites excluding steroid dienone is 4. The number of fused-ring (bicyclic) bond motifs is 1. The van der Waals surface area contributed by atoms with Gasteiger partial charge in [-0.25, -0.2) is 14.6 Å². The number of hydrogen-bond acceptors (Lipinski definition) is 6. The quantitative estimate of drug-likeness (QED) is 0.270. The molecule has 0 radical (unpaired) electrons. The molecule has 0 saturated heterocycles. The molecule has 28 heavy (non-hydrogen) atoms. The van der Waals surface area contributed by atoms with Gasteiger partial charge in [-0.05, 0) is 55.5 Å². The average Bonchev–Trinajstić information content (AvgIpc) is 2.71. The van der Waals surface area contributed by atoms with Crippen LogP contribution in [0.15, 0.2) is 94.4 Å². The molecule has 0 fully saturated rings. The third-order valence-electron chi connectivity index (χ3n) is 3.69. The molecule has 0 aliphatic heterocycles. The maximum absolute atomic E-state index is 12.1. The summed E-state index contributed by atoms with van der Waals surface area (Å²) in [6, 6.07) is 13.3. The Hall–Kier alpha value is -3.93. The smallest absolute Gasteiger partial charge is 0.403 e. The van der Waals surface area contributed by atoms with Crippen molar-refractivity contribution in [2.24, 2.45) is 0 Å². The van der Waals surface area contributed by atoms with Gasteiger partial charge in [0.25, 0.3) is 0 Å². The molecule has 0 amide bonds. The summed E-state index contributed by atoms with van der Waals surface area (Å²) in [7, 11) is 0. The van der Waals surface area contributed by atoms with Crippen molar-refractivity contribution in [1.82, 2.24) is 4.98 Å². The van der Waals surface area contributed by atoms with Crippen molar-refractivity contribution in [3.8, 4) is 17.2 Å². The van der Waals surface area contributed by atoms with Crippen molar-refractivity contribution in [1.29, 1.82) is 0 Å². The minimum absolute atomic E-state index is 0.182. The minimum atomic E-state index is -0.890. The average molecular weight is 375 g/mol. The highest BCUT2D eigenvalue weighted by atomic mass is 16.7. The normalized spacial score (nSPS) is 11.5. The van der Waals surface area contributed by atoms with Crippen LogP contribution in [0.25, 0.3) is 22.4 Å². The van der Waals surface area contributed by atoms with Gasteiger partial charge in [-0.1, -0.05) is 30.9 Å². The number of para-hydroxylation sites is 1. The van der Waals surface area contributed by atoms with Crippen molar-refractivity contribution < 1.29 is 18.7 Å². The Morgan fingerprint density at radius 2 is 1.89 bits per heavy atom. The van der Waals surface area contributed by atoms with Crippen LogP contribution in [-0.2, 0) is 4.74 Å². The molecule has 2 aromatic carbocycles. The molecule has 0 aliphatic carbocycles. The third kappa shape index (κ3) is 4.42. The van der Waals surface area contributed by atoms with Gasteiger partial charge in [-0.15, -0.1) is 0 Å². The Bertz CT molecular complexity index is 1120. The lowest BCUT2D eigenvalue weighted by atomic mass is 10.2. The molecule has 6 heteroatoms. The third-order valence-corrected chi connectivity index (χ3v) is 3.69. The Labute approximate surface area is 161 Å². The zero-order chi connectivity index (χ0) is 19.9. The second-order valence-corrected chi connectivity index (χ2v) is 5.60. The summed E-state index contributed by atoms with van der Waals surface area (Å²) in [6.45, 7) is 5.41. The fraction of sp³-hybridized carbons (Fsp3) is 0.0455. The van der Waals surface area contributed by atoms with Crippen molar-refractivity contribution >= 4 is 17.1 Å². The molecule has 3 rings (SSSR count). The van der Waals surface area contributed by atoms with Crippen molar-refractivity contribution in [3.05, 3.63) is 95.6 Å². The standard InChI is InChI=1S/C22H17NO5/c1-3-5-8-16(4-2)26-22(25)27-17-13-11-15(12-14-17)20-23-19-10-7-6-9-18(19)21(24)28-20/h3-14H,2H2,1H3/b5-3-,16-8+. The Balaban J connectivity index is 1.76. The van der Waals surface area contributed by atoms with E-state index in [2.05, 4.69) is 11.6 Å². The molecule has 140 valence electrons. The van der Waals surface area contributed by atoms with E-state index in [1.54, 1.807) is 66.8 Å². The first kappa shape index (κ1) is 18.8. The maximum Gasteiger partial charge on any atom is 0.519 e. The van der Waals surface area contributed by atoms with Gasteiger partial charge in [0.15, 0.2) is 0 Å². The van der Waals surface area contributed by atoms with E-state index in [0.29, 0.717) is 16.5 Å². The van der Waals surface area contributed by atoms with Crippen LogP contribution < -0.4 is 10.4 Å². The molecule has 6 nitrogen and oxygen atoms in total. The summed E-state index contributed by atoms with van der Waals surface area (Å²) < 4.78 is 15.4. The van der Waals surface area contributed by atoms with E-state index in [1.165, 1.54) is 6.08 Å². The number of ether oxygens (including phenoxy) is 2. The summed E-state index contributed by atoms with van der Waals surface area (Å²) >= 11 is 0. The van der Waals surface area contributed by atoms with Gasteiger partial charge >= 0.3 is 11.8 Å². The van der Waals surface area contributed by atoms with Crippen molar-refractivity contribution in [3.63, 3.8) is 0 Å². The number of carbonyl (C=O) groups is 1. The molecule has 1 heterocycles. The molecule has 1 aromatic heterocycles. The van der Waals surface area contributed by atoms with Crippen LogP contribution in [0.4, 0.5) is 4.79 Å². The van der Waals surface area contributed by atoms with Gasteiger partial charge in [0.05, 0.1) is 10.9 Å². The number of carbonyl (C=O) groups excluding carboxylic acids is 1. The fourth-order valence-electron chi connectivity index (χ4n) is 2.36. The monoisotopic (exact) mass is 375 g/mol. The summed E-state index contributed by atoms with van der Waals surface area (Å²) in [5.74, 6) is 0.717. The largest absolute Gasteiger partial charge is 0.519 e. The highest BCUT2D eigenvalue weighted by Gasteiger charge is 2.11. The summed E-state index contributed by atoms with van der Waals surface area (Å²) in [5.41, 5.74) is 0.653. The van der Waals surface area contributed by atoms with Crippen LogP contribution in [0.1, 0.15) is 6.92 Å². The SMILES string of the molecule is C=C/C(=C\C=C/C)OC(=O)Oc1ccc(-c2nc3ccccc3c(=O)o2)cc1. The number of benzene rings is 2. The molecule has 0 saturated carbocycles. The van der Waals surface area contributed by atoms with E-state index >= 15 is 0 Å². The highest BCUT2D eigenvalue weighted by molar-refractivity contribution is 5.78. The predicted octanol–water partition coefficient (Wildman–Crippen LogP) is 5.02. The Morgan fingerprint density at radius 3 is 2.61 bits per heavy atom. The van der Waals surface area contributed by atoms with Crippen LogP contribution in [0.5, 0.6) is 5.75 Å². The lowest BCUT2D eigenvalue weighted by Crippen LogP contribution is -2.09. The highest BCUT2D eigenvalue weighted by Crippen LogP contribution is 2.22. The van der Waals surface area contributed by atoms with E-state index in [9.17, 15) is 9.59 Å². The molecule has 0 spiro atoms. The lowest BCUT2D eigenvalue weighted by Gasteiger charge is -2.06. The first-order valence-electron chi connectivity index (χ1n) is 8.46. The van der Waals surface area contributed by atoms with Gasteiger partial charge in [-0.2, -0.15) is 0 Å². The second-order valence-electron chi connectivity index (χ2n) is 5.60. The molecule has 0 atom stereocenters. The van der Waals surface area contributed by atoms with Crippen LogP contribution in [0.3, 0.4) is 0 Å². The van der Waals surface area contributed by atoms with E-state index in [0.717, 1.165) is 0 Å². The Kier molecular flexibility index (Phi) is 5.81. The first-order valence-corrected chi connectivity index (χ1v) is 8.46. The second kappa shape index (κ2) is 8.64. The molecule has 0 N–H and O–H groups in total. The number of hydrogen-bond donors (Lipinski definition) is 0. The predicted molar refractivity (Wildman–Crippen MR) is 106 cm³/mol. The summed E-state index contributed by atoms with van der Waals surface area (Å²) in [4.78, 5) is 28.3. The van der Waals surface area contributed by atoms with Gasteiger partial charge in [0, 0.05) is 5.56 Å². The molecular formula is C22H17NO5. The number of nitrogens with zero attached hydrogens (tertiary/aromatic N) is 1. The van der Waals surface area contributed by atoms with Gasteiger partial charge in [0.1, 0.15) is 11.5 Å². The number of rotatable bonds is 5. The summed E-state index contributed by atoms with van der Waals surface area (Å²) in [6.07, 6.45) is 5.60. The molecular weight excluding hydrogens is 358 g/mol. The summed E-state index contributed by atoms with van der Waals surface area (Å²) in [5, 5.41) is 0.415. The van der Waals surface area contributed by atoms with Crippen molar-refractivity contribution in [2.75, 3.05) is 0 Å². The van der Waals surface area contributed by atoms with E-state index in [1.807, 2.05) is 6.92 Å². The molecule has 0 unspecified atom stereocenters. The Morgan fingerprint density at radius 1 is 1.14 bits per heavy atom. The van der Waals surface area contributed by atoms with Gasteiger partial charge < -0.3 is 13.9 Å².